The first-order valence-electron chi connectivity index (χ1n) is 12.3. The molecule has 3 aromatic rings. The molecule has 0 spiro atoms. The Morgan fingerprint density at radius 2 is 1.77 bits per heavy atom. The van der Waals surface area contributed by atoms with E-state index in [1.54, 1.807) is 38.6 Å². The van der Waals surface area contributed by atoms with Gasteiger partial charge in [0.15, 0.2) is 0 Å². The van der Waals surface area contributed by atoms with E-state index in [1.165, 1.54) is 0 Å². The zero-order valence-electron chi connectivity index (χ0n) is 21.2. The van der Waals surface area contributed by atoms with E-state index < -0.39 is 11.8 Å². The average molecular weight is 481 g/mol. The zero-order chi connectivity index (χ0) is 25.3. The van der Waals surface area contributed by atoms with Crippen LogP contribution in [-0.2, 0) is 28.2 Å². The molecule has 0 amide bonds. The summed E-state index contributed by atoms with van der Waals surface area (Å²) in [6, 6.07) is 10.7. The first-order chi connectivity index (χ1) is 17.0. The molecule has 1 aromatic carbocycles. The first-order valence-corrected chi connectivity index (χ1v) is 12.3. The summed E-state index contributed by atoms with van der Waals surface area (Å²) < 4.78 is 13.5. The Bertz CT molecular complexity index is 1090. The number of aromatic carboxylic acids is 1. The fourth-order valence-electron chi connectivity index (χ4n) is 4.11. The van der Waals surface area contributed by atoms with Crippen LogP contribution in [0.25, 0.3) is 11.3 Å². The Labute approximate surface area is 207 Å². The highest BCUT2D eigenvalue weighted by atomic mass is 16.7. The molecule has 0 radical (unpaired) electrons. The van der Waals surface area contributed by atoms with Crippen molar-refractivity contribution in [3.05, 3.63) is 65.4 Å². The summed E-state index contributed by atoms with van der Waals surface area (Å²) in [6.07, 6.45) is 8.19. The van der Waals surface area contributed by atoms with Crippen LogP contribution in [-0.4, -0.2) is 45.0 Å². The van der Waals surface area contributed by atoms with Gasteiger partial charge < -0.3 is 14.6 Å². The summed E-state index contributed by atoms with van der Waals surface area (Å²) >= 11 is 0. The van der Waals surface area contributed by atoms with E-state index >= 15 is 0 Å². The van der Waals surface area contributed by atoms with Crippen LogP contribution in [0.4, 0.5) is 0 Å². The van der Waals surface area contributed by atoms with Crippen LogP contribution in [0.5, 0.6) is 0 Å². The van der Waals surface area contributed by atoms with Gasteiger partial charge in [0, 0.05) is 45.4 Å². The van der Waals surface area contributed by atoms with Gasteiger partial charge in [-0.15, -0.1) is 0 Å². The second-order valence-corrected chi connectivity index (χ2v) is 8.63. The van der Waals surface area contributed by atoms with Crippen molar-refractivity contribution in [1.82, 2.24) is 19.7 Å². The number of rotatable bonds is 14. The van der Waals surface area contributed by atoms with E-state index in [0.29, 0.717) is 29.9 Å². The quantitative estimate of drug-likeness (QED) is 0.242. The Morgan fingerprint density at radius 1 is 1.03 bits per heavy atom. The fourth-order valence-corrected chi connectivity index (χ4v) is 4.11. The van der Waals surface area contributed by atoms with Gasteiger partial charge in [-0.25, -0.2) is 14.5 Å². The number of aromatic nitrogens is 4. The number of hydrogen-bond acceptors (Lipinski definition) is 6. The van der Waals surface area contributed by atoms with Gasteiger partial charge in [0.05, 0.1) is 11.3 Å². The number of ether oxygens (including phenoxy) is 2. The molecule has 188 valence electrons. The fraction of sp³-hybridized carbons (Fsp3) is 0.481. The minimum absolute atomic E-state index is 0.232. The number of carboxylic acid groups (broad SMARTS) is 1. The number of unbranched alkanes of at least 4 members (excludes halogenated alkanes) is 3. The van der Waals surface area contributed by atoms with Crippen LogP contribution in [0.2, 0.25) is 0 Å². The molecule has 0 aliphatic carbocycles. The Balaban J connectivity index is 1.90. The van der Waals surface area contributed by atoms with Crippen LogP contribution in [0.1, 0.15) is 79.9 Å². The molecule has 0 bridgehead atoms. The number of carboxylic acids is 1. The molecule has 0 fully saturated rings. The highest BCUT2D eigenvalue weighted by Gasteiger charge is 2.37. The van der Waals surface area contributed by atoms with Gasteiger partial charge in [-0.1, -0.05) is 57.4 Å². The van der Waals surface area contributed by atoms with Gasteiger partial charge in [0.25, 0.3) is 0 Å². The highest BCUT2D eigenvalue weighted by molar-refractivity contribution is 5.95. The third-order valence-electron chi connectivity index (χ3n) is 6.20. The van der Waals surface area contributed by atoms with E-state index in [4.69, 9.17) is 19.6 Å². The SMILES string of the molecule is CCCCCn1nc(C(CCCC)(OC)OC)nc1Cc1ccc(-c2ccccc2C(=O)O)nc1. The van der Waals surface area contributed by atoms with E-state index in [-0.39, 0.29) is 5.56 Å². The third-order valence-corrected chi connectivity index (χ3v) is 6.20. The van der Waals surface area contributed by atoms with Gasteiger partial charge in [-0.2, -0.15) is 5.10 Å². The van der Waals surface area contributed by atoms with Gasteiger partial charge in [0.2, 0.25) is 11.6 Å². The normalized spacial score (nSPS) is 11.7. The standard InChI is InChI=1S/C27H36N4O4/c1-5-7-11-17-31-24(29-26(30-31)27(34-3,35-4)16-8-6-2)18-20-14-15-23(28-19-20)21-12-9-10-13-22(21)25(32)33/h9-10,12-15,19H,5-8,11,16-18H2,1-4H3,(H,32,33). The number of pyridine rings is 1. The number of nitrogens with zero attached hydrogens (tertiary/aromatic N) is 4. The maximum atomic E-state index is 11.6. The van der Waals surface area contributed by atoms with E-state index in [9.17, 15) is 9.90 Å². The predicted molar refractivity (Wildman–Crippen MR) is 134 cm³/mol. The molecule has 3 rings (SSSR count). The molecule has 0 unspecified atom stereocenters. The molecule has 2 heterocycles. The van der Waals surface area contributed by atoms with Gasteiger partial charge in [0.1, 0.15) is 5.82 Å². The largest absolute Gasteiger partial charge is 0.478 e. The van der Waals surface area contributed by atoms with Crippen molar-refractivity contribution in [3.63, 3.8) is 0 Å². The Kier molecular flexibility index (Phi) is 9.51. The molecule has 0 saturated heterocycles. The minimum Gasteiger partial charge on any atom is -0.478 e. The molecule has 35 heavy (non-hydrogen) atoms. The lowest BCUT2D eigenvalue weighted by molar-refractivity contribution is -0.226. The molecule has 8 nitrogen and oxygen atoms in total. The van der Waals surface area contributed by atoms with Crippen molar-refractivity contribution < 1.29 is 19.4 Å². The molecule has 8 heteroatoms. The molecule has 0 aliphatic heterocycles. The maximum absolute atomic E-state index is 11.6. The Hall–Kier alpha value is -3.10. The molecule has 1 N–H and O–H groups in total. The molecular formula is C27H36N4O4. The molecule has 2 aromatic heterocycles. The summed E-state index contributed by atoms with van der Waals surface area (Å²) in [4.78, 5) is 21.0. The molecule has 0 atom stereocenters. The second-order valence-electron chi connectivity index (χ2n) is 8.63. The monoisotopic (exact) mass is 480 g/mol. The van der Waals surface area contributed by atoms with Crippen molar-refractivity contribution in [3.8, 4) is 11.3 Å². The molecule has 0 saturated carbocycles. The first kappa shape index (κ1) is 26.5. The number of carbonyl (C=O) groups is 1. The highest BCUT2D eigenvalue weighted by Crippen LogP contribution is 2.30. The zero-order valence-corrected chi connectivity index (χ0v) is 21.2. The third kappa shape index (κ3) is 6.32. The van der Waals surface area contributed by atoms with E-state index in [1.807, 2.05) is 22.9 Å². The van der Waals surface area contributed by atoms with Crippen molar-refractivity contribution in [1.29, 1.82) is 0 Å². The lowest BCUT2D eigenvalue weighted by Crippen LogP contribution is -2.32. The smallest absolute Gasteiger partial charge is 0.336 e. The molecule has 0 aliphatic rings. The van der Waals surface area contributed by atoms with E-state index in [0.717, 1.165) is 50.0 Å². The number of hydrogen-bond donors (Lipinski definition) is 1. The van der Waals surface area contributed by atoms with Gasteiger partial charge >= 0.3 is 5.97 Å². The summed E-state index contributed by atoms with van der Waals surface area (Å²) in [7, 11) is 3.27. The molecular weight excluding hydrogens is 444 g/mol. The van der Waals surface area contributed by atoms with E-state index in [2.05, 4.69) is 18.8 Å². The average Bonchev–Trinajstić information content (AvgIpc) is 3.28. The van der Waals surface area contributed by atoms with Crippen LogP contribution in [0, 0.1) is 0 Å². The summed E-state index contributed by atoms with van der Waals surface area (Å²) in [5, 5.41) is 14.3. The van der Waals surface area contributed by atoms with Crippen LogP contribution < -0.4 is 0 Å². The second kappa shape index (κ2) is 12.6. The van der Waals surface area contributed by atoms with Crippen LogP contribution in [0.15, 0.2) is 42.6 Å². The van der Waals surface area contributed by atoms with Crippen molar-refractivity contribution in [2.24, 2.45) is 0 Å². The van der Waals surface area contributed by atoms with Gasteiger partial charge in [-0.05, 0) is 30.5 Å². The lowest BCUT2D eigenvalue weighted by atomic mass is 10.0. The van der Waals surface area contributed by atoms with Crippen molar-refractivity contribution in [2.75, 3.05) is 14.2 Å². The summed E-state index contributed by atoms with van der Waals surface area (Å²) in [5.74, 6) is -0.570. The van der Waals surface area contributed by atoms with Crippen molar-refractivity contribution >= 4 is 5.97 Å². The number of methoxy groups -OCH3 is 2. The minimum atomic E-state index is -0.970. The lowest BCUT2D eigenvalue weighted by Gasteiger charge is -2.27. The van der Waals surface area contributed by atoms with Gasteiger partial charge in [-0.3, -0.25) is 4.98 Å². The predicted octanol–water partition coefficient (Wildman–Crippen LogP) is 5.46. The van der Waals surface area contributed by atoms with Crippen molar-refractivity contribution in [2.45, 2.75) is 71.1 Å². The summed E-state index contributed by atoms with van der Waals surface area (Å²) in [5.41, 5.74) is 2.41. The Morgan fingerprint density at radius 3 is 2.40 bits per heavy atom. The summed E-state index contributed by atoms with van der Waals surface area (Å²) in [6.45, 7) is 5.07. The number of benzene rings is 1. The maximum Gasteiger partial charge on any atom is 0.336 e. The topological polar surface area (TPSA) is 99.4 Å². The van der Waals surface area contributed by atoms with Crippen LogP contribution in [0.3, 0.4) is 0 Å². The van der Waals surface area contributed by atoms with Crippen LogP contribution >= 0.6 is 0 Å². The number of aryl methyl sites for hydroxylation is 1.